The van der Waals surface area contributed by atoms with Crippen molar-refractivity contribution in [3.8, 4) is 11.5 Å². The van der Waals surface area contributed by atoms with Crippen LogP contribution in [0.3, 0.4) is 0 Å². The van der Waals surface area contributed by atoms with Gasteiger partial charge in [0.2, 0.25) is 5.91 Å². The van der Waals surface area contributed by atoms with Gasteiger partial charge in [-0.1, -0.05) is 12.1 Å². The van der Waals surface area contributed by atoms with Gasteiger partial charge in [0, 0.05) is 36.6 Å². The molecule has 0 aliphatic carbocycles. The zero-order valence-electron chi connectivity index (χ0n) is 14.9. The van der Waals surface area contributed by atoms with Crippen molar-refractivity contribution < 1.29 is 19.4 Å². The number of fused-ring (bicyclic) bond motifs is 1. The predicted molar refractivity (Wildman–Crippen MR) is 103 cm³/mol. The highest BCUT2D eigenvalue weighted by Gasteiger charge is 2.07. The number of phenolic OH excluding ortho intramolecular Hbond substituents is 1. The molecule has 0 saturated heterocycles. The fraction of sp³-hybridized carbons (Fsp3) is 0.143. The third-order valence-electron chi connectivity index (χ3n) is 4.03. The monoisotopic (exact) mass is 364 g/mol. The standard InChI is InChI=1S/C21H20N2O4/c1-14(24)22-11-10-16-13-23-20-8-7-18(12-19(16)20)27-21(26)9-4-15-2-5-17(25)6-3-15/h2-9,12-13,23,25H,10-11H2,1H3,(H,22,24)/b9-4+. The molecule has 0 bridgehead atoms. The summed E-state index contributed by atoms with van der Waals surface area (Å²) in [7, 11) is 0. The van der Waals surface area contributed by atoms with Crippen LogP contribution in [0.25, 0.3) is 17.0 Å². The number of aromatic amines is 1. The Morgan fingerprint density at radius 1 is 1.19 bits per heavy atom. The van der Waals surface area contributed by atoms with Crippen molar-refractivity contribution in [2.24, 2.45) is 0 Å². The topological polar surface area (TPSA) is 91.4 Å². The number of aromatic nitrogens is 1. The molecule has 0 aliphatic heterocycles. The zero-order valence-corrected chi connectivity index (χ0v) is 14.9. The molecule has 6 nitrogen and oxygen atoms in total. The Bertz CT molecular complexity index is 987. The summed E-state index contributed by atoms with van der Waals surface area (Å²) < 4.78 is 5.38. The van der Waals surface area contributed by atoms with E-state index in [0.717, 1.165) is 22.0 Å². The van der Waals surface area contributed by atoms with Gasteiger partial charge in [0.05, 0.1) is 0 Å². The number of carbonyl (C=O) groups is 2. The second-order valence-electron chi connectivity index (χ2n) is 6.10. The minimum Gasteiger partial charge on any atom is -0.508 e. The minimum atomic E-state index is -0.488. The Kier molecular flexibility index (Phi) is 5.56. The molecule has 1 amide bonds. The molecular formula is C21H20N2O4. The van der Waals surface area contributed by atoms with Gasteiger partial charge in [-0.15, -0.1) is 0 Å². The molecule has 2 aromatic carbocycles. The van der Waals surface area contributed by atoms with Gasteiger partial charge < -0.3 is 20.1 Å². The molecule has 0 unspecified atom stereocenters. The van der Waals surface area contributed by atoms with Gasteiger partial charge in [0.1, 0.15) is 11.5 Å². The lowest BCUT2D eigenvalue weighted by Gasteiger charge is -2.04. The first kappa shape index (κ1) is 18.3. The Morgan fingerprint density at radius 3 is 2.70 bits per heavy atom. The highest BCUT2D eigenvalue weighted by molar-refractivity contribution is 5.90. The lowest BCUT2D eigenvalue weighted by atomic mass is 10.1. The Morgan fingerprint density at radius 2 is 1.96 bits per heavy atom. The van der Waals surface area contributed by atoms with Crippen molar-refractivity contribution in [2.45, 2.75) is 13.3 Å². The molecule has 1 heterocycles. The molecular weight excluding hydrogens is 344 g/mol. The van der Waals surface area contributed by atoms with Gasteiger partial charge in [-0.25, -0.2) is 4.79 Å². The average Bonchev–Trinajstić information content (AvgIpc) is 3.03. The van der Waals surface area contributed by atoms with Gasteiger partial charge in [-0.3, -0.25) is 4.79 Å². The summed E-state index contributed by atoms with van der Waals surface area (Å²) in [5.74, 6) is 0.0645. The number of hydrogen-bond acceptors (Lipinski definition) is 4. The SMILES string of the molecule is CC(=O)NCCc1c[nH]c2ccc(OC(=O)/C=C/c3ccc(O)cc3)cc12. The number of esters is 1. The highest BCUT2D eigenvalue weighted by Crippen LogP contribution is 2.24. The highest BCUT2D eigenvalue weighted by atomic mass is 16.5. The van der Waals surface area contributed by atoms with Crippen molar-refractivity contribution in [1.82, 2.24) is 10.3 Å². The number of ether oxygens (including phenoxy) is 1. The largest absolute Gasteiger partial charge is 0.508 e. The summed E-state index contributed by atoms with van der Waals surface area (Å²) in [6.07, 6.45) is 5.53. The lowest BCUT2D eigenvalue weighted by molar-refractivity contribution is -0.128. The normalized spacial score (nSPS) is 11.0. The van der Waals surface area contributed by atoms with Crippen LogP contribution in [-0.2, 0) is 16.0 Å². The Balaban J connectivity index is 1.68. The Labute approximate surface area is 156 Å². The van der Waals surface area contributed by atoms with Crippen LogP contribution < -0.4 is 10.1 Å². The molecule has 138 valence electrons. The van der Waals surface area contributed by atoms with Crippen molar-refractivity contribution >= 4 is 28.9 Å². The minimum absolute atomic E-state index is 0.0649. The third kappa shape index (κ3) is 4.98. The van der Waals surface area contributed by atoms with Crippen LogP contribution in [0.2, 0.25) is 0 Å². The molecule has 3 aromatic rings. The molecule has 27 heavy (non-hydrogen) atoms. The number of benzene rings is 2. The molecule has 3 N–H and O–H groups in total. The van der Waals surface area contributed by atoms with E-state index in [1.54, 1.807) is 42.5 Å². The number of hydrogen-bond donors (Lipinski definition) is 3. The van der Waals surface area contributed by atoms with Crippen LogP contribution in [0.15, 0.2) is 54.7 Å². The molecule has 3 rings (SSSR count). The number of nitrogens with one attached hydrogen (secondary N) is 2. The molecule has 0 radical (unpaired) electrons. The van der Waals surface area contributed by atoms with Crippen LogP contribution in [0.4, 0.5) is 0 Å². The van der Waals surface area contributed by atoms with E-state index in [1.165, 1.54) is 13.0 Å². The van der Waals surface area contributed by atoms with E-state index in [-0.39, 0.29) is 11.7 Å². The third-order valence-corrected chi connectivity index (χ3v) is 4.03. The van der Waals surface area contributed by atoms with Gasteiger partial charge in [-0.2, -0.15) is 0 Å². The maximum atomic E-state index is 12.0. The van der Waals surface area contributed by atoms with Crippen molar-refractivity contribution in [3.05, 3.63) is 65.9 Å². The number of carbonyl (C=O) groups excluding carboxylic acids is 2. The Hall–Kier alpha value is -3.54. The number of H-pyrrole nitrogens is 1. The number of aromatic hydroxyl groups is 1. The smallest absolute Gasteiger partial charge is 0.336 e. The van der Waals surface area contributed by atoms with E-state index < -0.39 is 5.97 Å². The van der Waals surface area contributed by atoms with Crippen molar-refractivity contribution in [1.29, 1.82) is 0 Å². The molecule has 0 spiro atoms. The summed E-state index contributed by atoms with van der Waals surface area (Å²) in [5, 5.41) is 13.0. The molecule has 0 saturated carbocycles. The van der Waals surface area contributed by atoms with E-state index in [9.17, 15) is 14.7 Å². The maximum absolute atomic E-state index is 12.0. The summed E-state index contributed by atoms with van der Waals surface area (Å²) in [6.45, 7) is 2.03. The van der Waals surface area contributed by atoms with Crippen LogP contribution in [0, 0.1) is 0 Å². The first-order valence-corrected chi connectivity index (χ1v) is 8.54. The summed E-state index contributed by atoms with van der Waals surface area (Å²) in [5.41, 5.74) is 2.76. The number of rotatable bonds is 6. The first-order valence-electron chi connectivity index (χ1n) is 8.54. The molecule has 1 aromatic heterocycles. The van der Waals surface area contributed by atoms with Crippen LogP contribution in [0.5, 0.6) is 11.5 Å². The van der Waals surface area contributed by atoms with Crippen LogP contribution >= 0.6 is 0 Å². The van der Waals surface area contributed by atoms with E-state index >= 15 is 0 Å². The molecule has 6 heteroatoms. The summed E-state index contributed by atoms with van der Waals surface area (Å²) in [4.78, 5) is 26.2. The van der Waals surface area contributed by atoms with Crippen molar-refractivity contribution in [2.75, 3.05) is 6.54 Å². The van der Waals surface area contributed by atoms with Gasteiger partial charge in [-0.05, 0) is 54.0 Å². The fourth-order valence-electron chi connectivity index (χ4n) is 2.70. The van der Waals surface area contributed by atoms with E-state index in [1.807, 2.05) is 12.3 Å². The van der Waals surface area contributed by atoms with Gasteiger partial charge in [0.25, 0.3) is 0 Å². The maximum Gasteiger partial charge on any atom is 0.336 e. The summed E-state index contributed by atoms with van der Waals surface area (Å²) in [6, 6.07) is 11.9. The number of amides is 1. The van der Waals surface area contributed by atoms with Crippen LogP contribution in [0.1, 0.15) is 18.1 Å². The molecule has 0 fully saturated rings. The summed E-state index contributed by atoms with van der Waals surface area (Å²) >= 11 is 0. The average molecular weight is 364 g/mol. The van der Waals surface area contributed by atoms with Crippen LogP contribution in [-0.4, -0.2) is 28.5 Å². The second kappa shape index (κ2) is 8.23. The first-order chi connectivity index (χ1) is 13.0. The van der Waals surface area contributed by atoms with E-state index in [4.69, 9.17) is 4.74 Å². The second-order valence-corrected chi connectivity index (χ2v) is 6.10. The molecule has 0 atom stereocenters. The lowest BCUT2D eigenvalue weighted by Crippen LogP contribution is -2.22. The van der Waals surface area contributed by atoms with Gasteiger partial charge >= 0.3 is 5.97 Å². The molecule has 0 aliphatic rings. The predicted octanol–water partition coefficient (Wildman–Crippen LogP) is 3.17. The van der Waals surface area contributed by atoms with Crippen molar-refractivity contribution in [3.63, 3.8) is 0 Å². The quantitative estimate of drug-likeness (QED) is 0.356. The van der Waals surface area contributed by atoms with E-state index in [0.29, 0.717) is 18.7 Å². The van der Waals surface area contributed by atoms with Gasteiger partial charge in [0.15, 0.2) is 0 Å². The van der Waals surface area contributed by atoms with E-state index in [2.05, 4.69) is 10.3 Å². The number of phenols is 1. The zero-order chi connectivity index (χ0) is 19.2. The fourth-order valence-corrected chi connectivity index (χ4v) is 2.70.